The van der Waals surface area contributed by atoms with Gasteiger partial charge in [-0.05, 0) is 6.42 Å². The molecule has 0 aliphatic carbocycles. The van der Waals surface area contributed by atoms with Crippen molar-refractivity contribution in [3.05, 3.63) is 0 Å². The van der Waals surface area contributed by atoms with Gasteiger partial charge < -0.3 is 14.2 Å². The molecule has 0 atom stereocenters. The Kier molecular flexibility index (Phi) is 17.9. The second-order valence-electron chi connectivity index (χ2n) is 4.96. The van der Waals surface area contributed by atoms with Crippen molar-refractivity contribution in [2.45, 2.75) is 58.3 Å². The fourth-order valence-corrected chi connectivity index (χ4v) is 1.91. The fourth-order valence-electron chi connectivity index (χ4n) is 1.91. The maximum Gasteiger partial charge on any atom is 0.107 e. The molecule has 0 unspecified atom stereocenters. The minimum atomic E-state index is 0.359. The molecule has 3 heteroatoms. The van der Waals surface area contributed by atoms with Gasteiger partial charge >= 0.3 is 0 Å². The first kappa shape index (κ1) is 19.4. The van der Waals surface area contributed by atoms with Crippen LogP contribution < -0.4 is 0 Å². The molecule has 3 nitrogen and oxygen atoms in total. The Balaban J connectivity index is 2.91. The number of hydrogen-bond acceptors (Lipinski definition) is 3. The highest BCUT2D eigenvalue weighted by Gasteiger charge is 1.93. The number of unbranched alkanes of at least 4 members (excludes halogenated alkanes) is 7. The molecule has 0 bridgehead atoms. The fraction of sp³-hybridized carbons (Fsp3) is 0.882. The largest absolute Gasteiger partial charge is 0.379 e. The lowest BCUT2D eigenvalue weighted by molar-refractivity contribution is 0.0195. The van der Waals surface area contributed by atoms with E-state index >= 15 is 0 Å². The van der Waals surface area contributed by atoms with Crippen molar-refractivity contribution >= 4 is 0 Å². The van der Waals surface area contributed by atoms with Crippen LogP contribution in [0.3, 0.4) is 0 Å². The Bertz CT molecular complexity index is 211. The Labute approximate surface area is 125 Å². The molecule has 0 saturated carbocycles. The van der Waals surface area contributed by atoms with Crippen LogP contribution in [0.2, 0.25) is 0 Å². The van der Waals surface area contributed by atoms with Crippen LogP contribution in [0.4, 0.5) is 0 Å². The summed E-state index contributed by atoms with van der Waals surface area (Å²) in [5, 5.41) is 0. The zero-order valence-corrected chi connectivity index (χ0v) is 13.2. The molecule has 0 N–H and O–H groups in total. The predicted octanol–water partition coefficient (Wildman–Crippen LogP) is 3.81. The van der Waals surface area contributed by atoms with Gasteiger partial charge in [0.15, 0.2) is 0 Å². The van der Waals surface area contributed by atoms with Gasteiger partial charge in [-0.1, -0.05) is 57.8 Å². The summed E-state index contributed by atoms with van der Waals surface area (Å²) in [7, 11) is 0. The lowest BCUT2D eigenvalue weighted by Crippen LogP contribution is -2.09. The van der Waals surface area contributed by atoms with Crippen LogP contribution in [0, 0.1) is 12.3 Å². The molecule has 20 heavy (non-hydrogen) atoms. The summed E-state index contributed by atoms with van der Waals surface area (Å²) in [6.07, 6.45) is 15.7. The van der Waals surface area contributed by atoms with E-state index in [0.717, 1.165) is 6.61 Å². The summed E-state index contributed by atoms with van der Waals surface area (Å²) < 4.78 is 15.9. The molecular weight excluding hydrogens is 252 g/mol. The first-order valence-electron chi connectivity index (χ1n) is 8.08. The van der Waals surface area contributed by atoms with Gasteiger partial charge in [-0.2, -0.15) is 0 Å². The van der Waals surface area contributed by atoms with E-state index in [1.165, 1.54) is 51.4 Å². The minimum Gasteiger partial charge on any atom is -0.379 e. The van der Waals surface area contributed by atoms with Gasteiger partial charge in [-0.3, -0.25) is 0 Å². The van der Waals surface area contributed by atoms with Crippen LogP contribution in [0.5, 0.6) is 0 Å². The van der Waals surface area contributed by atoms with Gasteiger partial charge in [0.1, 0.15) is 6.61 Å². The third-order valence-electron chi connectivity index (χ3n) is 3.07. The zero-order valence-electron chi connectivity index (χ0n) is 13.2. The van der Waals surface area contributed by atoms with Gasteiger partial charge in [0.25, 0.3) is 0 Å². The molecule has 0 aromatic carbocycles. The quantitative estimate of drug-likeness (QED) is 0.319. The summed E-state index contributed by atoms with van der Waals surface area (Å²) in [6.45, 7) is 5.92. The van der Waals surface area contributed by atoms with Crippen molar-refractivity contribution in [3.8, 4) is 12.3 Å². The molecule has 118 valence electrons. The van der Waals surface area contributed by atoms with Gasteiger partial charge in [-0.15, -0.1) is 6.42 Å². The highest BCUT2D eigenvalue weighted by Crippen LogP contribution is 2.08. The van der Waals surface area contributed by atoms with Crippen molar-refractivity contribution in [1.29, 1.82) is 0 Å². The van der Waals surface area contributed by atoms with E-state index in [1.807, 2.05) is 0 Å². The molecular formula is C17H32O3. The third kappa shape index (κ3) is 17.4. The molecule has 0 heterocycles. The Morgan fingerprint density at radius 2 is 1.15 bits per heavy atom. The van der Waals surface area contributed by atoms with E-state index in [4.69, 9.17) is 20.6 Å². The first-order chi connectivity index (χ1) is 9.91. The van der Waals surface area contributed by atoms with Crippen LogP contribution in [-0.2, 0) is 14.2 Å². The van der Waals surface area contributed by atoms with E-state index in [0.29, 0.717) is 33.0 Å². The van der Waals surface area contributed by atoms with Crippen molar-refractivity contribution < 1.29 is 14.2 Å². The van der Waals surface area contributed by atoms with Gasteiger partial charge in [-0.25, -0.2) is 0 Å². The summed E-state index contributed by atoms with van der Waals surface area (Å²) in [4.78, 5) is 0. The predicted molar refractivity (Wildman–Crippen MR) is 83.9 cm³/mol. The zero-order chi connectivity index (χ0) is 14.7. The van der Waals surface area contributed by atoms with Gasteiger partial charge in [0.2, 0.25) is 0 Å². The first-order valence-corrected chi connectivity index (χ1v) is 8.08. The summed E-state index contributed by atoms with van der Waals surface area (Å²) in [5.41, 5.74) is 0. The molecule has 0 saturated heterocycles. The van der Waals surface area contributed by atoms with E-state index in [9.17, 15) is 0 Å². The maximum atomic E-state index is 5.51. The van der Waals surface area contributed by atoms with Crippen LogP contribution in [0.15, 0.2) is 0 Å². The molecule has 0 aliphatic rings. The Morgan fingerprint density at radius 3 is 1.75 bits per heavy atom. The normalized spacial score (nSPS) is 10.6. The second-order valence-corrected chi connectivity index (χ2v) is 4.96. The van der Waals surface area contributed by atoms with E-state index < -0.39 is 0 Å². The number of terminal acetylenes is 1. The Hall–Kier alpha value is -0.560. The highest BCUT2D eigenvalue weighted by atomic mass is 16.5. The maximum absolute atomic E-state index is 5.51. The lowest BCUT2D eigenvalue weighted by Gasteiger charge is -2.06. The van der Waals surface area contributed by atoms with Crippen LogP contribution in [0.25, 0.3) is 0 Å². The second kappa shape index (κ2) is 18.4. The smallest absolute Gasteiger partial charge is 0.107 e. The molecule has 0 aromatic heterocycles. The van der Waals surface area contributed by atoms with Crippen LogP contribution >= 0.6 is 0 Å². The van der Waals surface area contributed by atoms with Gasteiger partial charge in [0, 0.05) is 6.61 Å². The summed E-state index contributed by atoms with van der Waals surface area (Å²) in [6, 6.07) is 0. The number of hydrogen-bond donors (Lipinski definition) is 0. The average Bonchev–Trinajstić information content (AvgIpc) is 2.47. The third-order valence-corrected chi connectivity index (χ3v) is 3.07. The number of ether oxygens (including phenoxy) is 3. The van der Waals surface area contributed by atoms with Crippen molar-refractivity contribution in [1.82, 2.24) is 0 Å². The molecule has 0 amide bonds. The van der Waals surface area contributed by atoms with Gasteiger partial charge in [0.05, 0.1) is 26.4 Å². The number of rotatable bonds is 16. The molecule has 0 spiro atoms. The van der Waals surface area contributed by atoms with Crippen molar-refractivity contribution in [2.24, 2.45) is 0 Å². The molecule has 0 rings (SSSR count). The van der Waals surface area contributed by atoms with E-state index in [2.05, 4.69) is 12.8 Å². The topological polar surface area (TPSA) is 27.7 Å². The van der Waals surface area contributed by atoms with E-state index in [-0.39, 0.29) is 0 Å². The Morgan fingerprint density at radius 1 is 0.650 bits per heavy atom. The molecule has 0 radical (unpaired) electrons. The minimum absolute atomic E-state index is 0.359. The average molecular weight is 284 g/mol. The molecule has 0 fully saturated rings. The highest BCUT2D eigenvalue weighted by molar-refractivity contribution is 4.82. The summed E-state index contributed by atoms with van der Waals surface area (Å²) >= 11 is 0. The SMILES string of the molecule is C#CCOCCOCCOCCCCCCCCCC. The standard InChI is InChI=1S/C17H32O3/c1-3-5-6-7-8-9-10-11-13-19-15-17-20-16-14-18-12-4-2/h2H,3,5-17H2,1H3. The monoisotopic (exact) mass is 284 g/mol. The van der Waals surface area contributed by atoms with Crippen molar-refractivity contribution in [3.63, 3.8) is 0 Å². The molecule has 0 aromatic rings. The summed E-state index contributed by atoms with van der Waals surface area (Å²) in [5.74, 6) is 2.41. The van der Waals surface area contributed by atoms with Crippen LogP contribution in [0.1, 0.15) is 58.3 Å². The molecule has 0 aliphatic heterocycles. The van der Waals surface area contributed by atoms with Crippen molar-refractivity contribution in [2.75, 3.05) is 39.6 Å². The lowest BCUT2D eigenvalue weighted by atomic mass is 10.1. The van der Waals surface area contributed by atoms with Crippen LogP contribution in [-0.4, -0.2) is 39.6 Å². The van der Waals surface area contributed by atoms with E-state index in [1.54, 1.807) is 0 Å².